The van der Waals surface area contributed by atoms with Crippen LogP contribution >= 0.6 is 11.6 Å². The minimum atomic E-state index is -0.115. The number of nitrogens with zero attached hydrogens (tertiary/aromatic N) is 1. The molecule has 162 valence electrons. The molecule has 0 saturated carbocycles. The average Bonchev–Trinajstić information content (AvgIpc) is 2.81. The van der Waals surface area contributed by atoms with Crippen LogP contribution in [0.2, 0.25) is 5.02 Å². The lowest BCUT2D eigenvalue weighted by Gasteiger charge is -2.32. The van der Waals surface area contributed by atoms with Crippen LogP contribution in [0.25, 0.3) is 0 Å². The third kappa shape index (κ3) is 5.98. The zero-order valence-electron chi connectivity index (χ0n) is 18.3. The van der Waals surface area contributed by atoms with Gasteiger partial charge in [0.05, 0.1) is 0 Å². The Hall–Kier alpha value is -2.13. The first-order valence-corrected chi connectivity index (χ1v) is 11.8. The minimum Gasteiger partial charge on any atom is -0.369 e. The molecule has 31 heavy (non-hydrogen) atoms. The second kappa shape index (κ2) is 10.9. The van der Waals surface area contributed by atoms with Crippen molar-refractivity contribution in [3.8, 4) is 0 Å². The summed E-state index contributed by atoms with van der Waals surface area (Å²) in [5, 5.41) is 0.765. The lowest BCUT2D eigenvalue weighted by atomic mass is 9.93. The molecule has 0 bridgehead atoms. The maximum atomic E-state index is 6.50. The molecule has 0 amide bonds. The normalized spacial score (nSPS) is 16.3. The summed E-state index contributed by atoms with van der Waals surface area (Å²) in [4.78, 5) is 2.59. The van der Waals surface area contributed by atoms with Crippen molar-refractivity contribution in [3.05, 3.63) is 106 Å². The molecule has 3 heteroatoms. The maximum absolute atomic E-state index is 6.50. The van der Waals surface area contributed by atoms with Crippen LogP contribution in [0.4, 0.5) is 0 Å². The Balaban J connectivity index is 1.30. The fourth-order valence-electron chi connectivity index (χ4n) is 4.50. The molecule has 3 aromatic rings. The van der Waals surface area contributed by atoms with Crippen LogP contribution in [0.5, 0.6) is 0 Å². The van der Waals surface area contributed by atoms with Crippen LogP contribution in [-0.4, -0.2) is 24.6 Å². The molecule has 4 rings (SSSR count). The number of halogens is 1. The predicted octanol–water partition coefficient (Wildman–Crippen LogP) is 7.06. The van der Waals surface area contributed by atoms with Crippen LogP contribution in [-0.2, 0) is 11.3 Å². The number of aryl methyl sites for hydroxylation is 1. The van der Waals surface area contributed by atoms with Crippen LogP contribution < -0.4 is 0 Å². The van der Waals surface area contributed by atoms with Gasteiger partial charge in [-0.05, 0) is 68.0 Å². The number of ether oxygens (including phenoxy) is 1. The van der Waals surface area contributed by atoms with Crippen LogP contribution in [0.1, 0.15) is 47.6 Å². The van der Waals surface area contributed by atoms with Crippen molar-refractivity contribution >= 4 is 11.6 Å². The second-order valence-electron chi connectivity index (χ2n) is 8.62. The molecule has 1 heterocycles. The van der Waals surface area contributed by atoms with Gasteiger partial charge in [0, 0.05) is 23.7 Å². The molecule has 1 aliphatic rings. The second-order valence-corrected chi connectivity index (χ2v) is 9.02. The Labute approximate surface area is 191 Å². The van der Waals surface area contributed by atoms with Gasteiger partial charge in [-0.2, -0.15) is 0 Å². The summed E-state index contributed by atoms with van der Waals surface area (Å²) in [7, 11) is 0. The van der Waals surface area contributed by atoms with Gasteiger partial charge in [-0.3, -0.25) is 4.90 Å². The topological polar surface area (TPSA) is 12.5 Å². The van der Waals surface area contributed by atoms with Crippen LogP contribution in [0.3, 0.4) is 0 Å². The highest BCUT2D eigenvalue weighted by molar-refractivity contribution is 6.31. The largest absolute Gasteiger partial charge is 0.369 e. The van der Waals surface area contributed by atoms with Gasteiger partial charge < -0.3 is 4.74 Å². The molecule has 0 spiro atoms. The van der Waals surface area contributed by atoms with E-state index in [0.29, 0.717) is 0 Å². The summed E-state index contributed by atoms with van der Waals surface area (Å²) in [5.74, 6) is 0.732. The first-order valence-electron chi connectivity index (χ1n) is 11.4. The predicted molar refractivity (Wildman–Crippen MR) is 129 cm³/mol. The number of piperidine rings is 1. The zero-order valence-corrected chi connectivity index (χ0v) is 19.1. The van der Waals surface area contributed by atoms with Crippen molar-refractivity contribution in [2.24, 2.45) is 5.92 Å². The SMILES string of the molecule is Cc1ccccc1CN1CCC(CCOC(c2ccccc2)c2ccccc2Cl)CC1. The van der Waals surface area contributed by atoms with E-state index in [1.54, 1.807) is 0 Å². The standard InChI is InChI=1S/C28H32ClNO/c1-22-9-5-6-12-25(22)21-30-18-15-23(16-19-30)17-20-31-28(24-10-3-2-4-11-24)26-13-7-8-14-27(26)29/h2-14,23,28H,15-21H2,1H3. The van der Waals surface area contributed by atoms with E-state index >= 15 is 0 Å². The smallest absolute Gasteiger partial charge is 0.109 e. The summed E-state index contributed by atoms with van der Waals surface area (Å²) in [6, 6.07) is 27.2. The highest BCUT2D eigenvalue weighted by atomic mass is 35.5. The number of rotatable bonds is 8. The zero-order chi connectivity index (χ0) is 21.5. The highest BCUT2D eigenvalue weighted by Crippen LogP contribution is 2.32. The Bertz CT molecular complexity index is 950. The van der Waals surface area contributed by atoms with E-state index in [0.717, 1.165) is 41.6 Å². The fourth-order valence-corrected chi connectivity index (χ4v) is 4.73. The Morgan fingerprint density at radius 1 is 0.903 bits per heavy atom. The molecule has 1 saturated heterocycles. The van der Waals surface area contributed by atoms with Gasteiger partial charge in [0.25, 0.3) is 0 Å². The summed E-state index contributed by atoms with van der Waals surface area (Å²) in [6.45, 7) is 6.38. The Morgan fingerprint density at radius 3 is 2.32 bits per heavy atom. The quantitative estimate of drug-likeness (QED) is 0.377. The van der Waals surface area contributed by atoms with Gasteiger partial charge in [0.1, 0.15) is 6.10 Å². The summed E-state index contributed by atoms with van der Waals surface area (Å²) < 4.78 is 6.44. The summed E-state index contributed by atoms with van der Waals surface area (Å²) >= 11 is 6.50. The third-order valence-corrected chi connectivity index (χ3v) is 6.81. The van der Waals surface area contributed by atoms with Gasteiger partial charge in [0.15, 0.2) is 0 Å². The molecule has 3 aromatic carbocycles. The van der Waals surface area contributed by atoms with Crippen LogP contribution in [0.15, 0.2) is 78.9 Å². The highest BCUT2D eigenvalue weighted by Gasteiger charge is 2.22. The van der Waals surface area contributed by atoms with Gasteiger partial charge in [-0.15, -0.1) is 0 Å². The molecule has 0 aromatic heterocycles. The van der Waals surface area contributed by atoms with E-state index in [9.17, 15) is 0 Å². The molecule has 0 aliphatic carbocycles. The minimum absolute atomic E-state index is 0.115. The van der Waals surface area contributed by atoms with E-state index in [1.165, 1.54) is 37.1 Å². The molecule has 1 fully saturated rings. The molecule has 1 atom stereocenters. The lowest BCUT2D eigenvalue weighted by Crippen LogP contribution is -2.33. The summed E-state index contributed by atoms with van der Waals surface area (Å²) in [5.41, 5.74) is 5.05. The van der Waals surface area contributed by atoms with Crippen molar-refractivity contribution in [2.45, 2.75) is 38.8 Å². The van der Waals surface area contributed by atoms with Crippen molar-refractivity contribution in [3.63, 3.8) is 0 Å². The van der Waals surface area contributed by atoms with Gasteiger partial charge in [-0.1, -0.05) is 84.4 Å². The van der Waals surface area contributed by atoms with Crippen molar-refractivity contribution in [1.82, 2.24) is 4.90 Å². The van der Waals surface area contributed by atoms with E-state index in [-0.39, 0.29) is 6.10 Å². The van der Waals surface area contributed by atoms with Crippen molar-refractivity contribution in [2.75, 3.05) is 19.7 Å². The number of hydrogen-bond acceptors (Lipinski definition) is 2. The van der Waals surface area contributed by atoms with Crippen molar-refractivity contribution in [1.29, 1.82) is 0 Å². The van der Waals surface area contributed by atoms with Crippen LogP contribution in [0, 0.1) is 12.8 Å². The molecule has 0 N–H and O–H groups in total. The number of benzene rings is 3. The van der Waals surface area contributed by atoms with Crippen molar-refractivity contribution < 1.29 is 4.74 Å². The molecule has 1 aliphatic heterocycles. The molecule has 0 radical (unpaired) electrons. The third-order valence-electron chi connectivity index (χ3n) is 6.46. The number of hydrogen-bond donors (Lipinski definition) is 0. The Morgan fingerprint density at radius 2 is 1.58 bits per heavy atom. The number of likely N-dealkylation sites (tertiary alicyclic amines) is 1. The van der Waals surface area contributed by atoms with Gasteiger partial charge in [0.2, 0.25) is 0 Å². The van der Waals surface area contributed by atoms with E-state index < -0.39 is 0 Å². The summed E-state index contributed by atoms with van der Waals surface area (Å²) in [6.07, 6.45) is 3.48. The monoisotopic (exact) mass is 433 g/mol. The van der Waals surface area contributed by atoms with Gasteiger partial charge >= 0.3 is 0 Å². The first kappa shape index (κ1) is 22.1. The molecule has 2 nitrogen and oxygen atoms in total. The molecular formula is C28H32ClNO. The molecular weight excluding hydrogens is 402 g/mol. The average molecular weight is 434 g/mol. The first-order chi connectivity index (χ1) is 15.2. The fraction of sp³-hybridized carbons (Fsp3) is 0.357. The van der Waals surface area contributed by atoms with Gasteiger partial charge in [-0.25, -0.2) is 0 Å². The lowest BCUT2D eigenvalue weighted by molar-refractivity contribution is 0.0596. The Kier molecular flexibility index (Phi) is 7.80. The van der Waals surface area contributed by atoms with E-state index in [1.807, 2.05) is 24.3 Å². The molecule has 1 unspecified atom stereocenters. The van der Waals surface area contributed by atoms with E-state index in [4.69, 9.17) is 16.3 Å². The van der Waals surface area contributed by atoms with E-state index in [2.05, 4.69) is 66.4 Å². The maximum Gasteiger partial charge on any atom is 0.109 e.